The van der Waals surface area contributed by atoms with E-state index in [4.69, 9.17) is 4.74 Å². The fraction of sp³-hybridized carbons (Fsp3) is 0.136. The molecule has 0 bridgehead atoms. The van der Waals surface area contributed by atoms with Gasteiger partial charge in [-0.1, -0.05) is 30.1 Å². The van der Waals surface area contributed by atoms with E-state index in [0.717, 1.165) is 4.88 Å². The van der Waals surface area contributed by atoms with E-state index >= 15 is 0 Å². The first kappa shape index (κ1) is 21.6. The largest absolute Gasteiger partial charge is 0.458 e. The molecule has 0 saturated carbocycles. The Hall–Kier alpha value is -3.63. The number of nitro groups is 1. The van der Waals surface area contributed by atoms with Crippen molar-refractivity contribution in [1.29, 1.82) is 0 Å². The number of esters is 1. The average molecular weight is 468 g/mol. The zero-order valence-corrected chi connectivity index (χ0v) is 18.5. The molecule has 0 aliphatic carbocycles. The molecule has 0 amide bonds. The molecule has 1 aliphatic rings. The summed E-state index contributed by atoms with van der Waals surface area (Å²) in [5, 5.41) is 12.8. The molecular weight excluding hydrogens is 450 g/mol. The monoisotopic (exact) mass is 467 g/mol. The summed E-state index contributed by atoms with van der Waals surface area (Å²) < 4.78 is 7.19. The number of benzene rings is 1. The van der Waals surface area contributed by atoms with Crippen LogP contribution < -0.4 is 14.9 Å². The van der Waals surface area contributed by atoms with Crippen molar-refractivity contribution in [2.75, 3.05) is 6.61 Å². The Balaban J connectivity index is 1.86. The maximum atomic E-state index is 13.4. The number of thiazole rings is 1. The average Bonchev–Trinajstić information content (AvgIpc) is 3.40. The number of fused-ring (bicyclic) bond motifs is 1. The highest BCUT2D eigenvalue weighted by molar-refractivity contribution is 7.10. The number of non-ortho nitro benzene ring substituents is 1. The number of nitro benzene ring substituents is 1. The van der Waals surface area contributed by atoms with Gasteiger partial charge in [-0.05, 0) is 42.1 Å². The molecule has 0 radical (unpaired) electrons. The number of thiophene rings is 1. The van der Waals surface area contributed by atoms with Crippen molar-refractivity contribution in [1.82, 2.24) is 4.57 Å². The van der Waals surface area contributed by atoms with Crippen LogP contribution in [0.4, 0.5) is 5.69 Å². The van der Waals surface area contributed by atoms with Crippen LogP contribution in [0.5, 0.6) is 0 Å². The summed E-state index contributed by atoms with van der Waals surface area (Å²) in [6, 6.07) is 9.00. The molecule has 162 valence electrons. The third kappa shape index (κ3) is 3.97. The van der Waals surface area contributed by atoms with Gasteiger partial charge in [0.2, 0.25) is 0 Å². The number of carbonyl (C=O) groups excluding carboxylic acids is 1. The van der Waals surface area contributed by atoms with Crippen molar-refractivity contribution < 1.29 is 14.5 Å². The summed E-state index contributed by atoms with van der Waals surface area (Å²) in [6.07, 6.45) is 3.14. The fourth-order valence-corrected chi connectivity index (χ4v) is 5.22. The molecular formula is C22H17N3O5S2. The van der Waals surface area contributed by atoms with Gasteiger partial charge in [-0.3, -0.25) is 19.5 Å². The number of allylic oxidation sites excluding steroid dienone is 1. The molecule has 32 heavy (non-hydrogen) atoms. The standard InChI is InChI=1S/C22H17N3O5S2/c1-3-10-30-21(27)18-13(2)23-22-24(19(18)16-5-4-11-31-16)20(26)17(32-22)12-14-6-8-15(9-7-14)25(28)29/h3-9,11-12,19H,1,10H2,2H3. The zero-order valence-electron chi connectivity index (χ0n) is 16.9. The van der Waals surface area contributed by atoms with Gasteiger partial charge in [0.1, 0.15) is 12.6 Å². The first-order valence-corrected chi connectivity index (χ1v) is 11.2. The second-order valence-corrected chi connectivity index (χ2v) is 8.82. The molecule has 0 spiro atoms. The smallest absolute Gasteiger partial charge is 0.338 e. The Morgan fingerprint density at radius 3 is 2.72 bits per heavy atom. The van der Waals surface area contributed by atoms with Gasteiger partial charge in [-0.25, -0.2) is 9.79 Å². The fourth-order valence-electron chi connectivity index (χ4n) is 3.35. The number of ether oxygens (including phenoxy) is 1. The van der Waals surface area contributed by atoms with Crippen LogP contribution in [0.3, 0.4) is 0 Å². The normalized spacial score (nSPS) is 15.8. The maximum Gasteiger partial charge on any atom is 0.338 e. The molecule has 1 aliphatic heterocycles. The van der Waals surface area contributed by atoms with Crippen molar-refractivity contribution >= 4 is 40.4 Å². The van der Waals surface area contributed by atoms with Crippen LogP contribution in [-0.2, 0) is 9.53 Å². The SMILES string of the molecule is C=CCOC(=O)C1=C(C)N=c2sc(=Cc3ccc([N+](=O)[O-])cc3)c(=O)n2C1c1cccs1. The van der Waals surface area contributed by atoms with E-state index in [1.807, 2.05) is 17.5 Å². The summed E-state index contributed by atoms with van der Waals surface area (Å²) >= 11 is 2.63. The first-order chi connectivity index (χ1) is 15.4. The Morgan fingerprint density at radius 1 is 1.34 bits per heavy atom. The Labute approximate surface area is 189 Å². The molecule has 0 N–H and O–H groups in total. The van der Waals surface area contributed by atoms with Gasteiger partial charge < -0.3 is 4.74 Å². The predicted molar refractivity (Wildman–Crippen MR) is 122 cm³/mol. The lowest BCUT2D eigenvalue weighted by molar-refractivity contribution is -0.384. The third-order valence-electron chi connectivity index (χ3n) is 4.79. The van der Waals surface area contributed by atoms with E-state index in [-0.39, 0.29) is 17.9 Å². The predicted octanol–water partition coefficient (Wildman–Crippen LogP) is 2.93. The van der Waals surface area contributed by atoms with Crippen LogP contribution in [0.25, 0.3) is 6.08 Å². The number of aromatic nitrogens is 1. The molecule has 1 atom stereocenters. The molecule has 2 aromatic heterocycles. The second kappa shape index (κ2) is 8.85. The number of carbonyl (C=O) groups is 1. The van der Waals surface area contributed by atoms with E-state index in [1.54, 1.807) is 25.1 Å². The van der Waals surface area contributed by atoms with Crippen LogP contribution in [0.1, 0.15) is 23.4 Å². The molecule has 8 nitrogen and oxygen atoms in total. The quantitative estimate of drug-likeness (QED) is 0.240. The van der Waals surface area contributed by atoms with Crippen LogP contribution in [0.15, 0.2) is 75.5 Å². The zero-order chi connectivity index (χ0) is 22.8. The van der Waals surface area contributed by atoms with Gasteiger partial charge in [0, 0.05) is 17.0 Å². The minimum absolute atomic E-state index is 0.0281. The van der Waals surface area contributed by atoms with Gasteiger partial charge in [-0.15, -0.1) is 11.3 Å². The number of nitrogens with zero attached hydrogens (tertiary/aromatic N) is 3. The second-order valence-electron chi connectivity index (χ2n) is 6.83. The molecule has 10 heteroatoms. The highest BCUT2D eigenvalue weighted by Crippen LogP contribution is 2.33. The lowest BCUT2D eigenvalue weighted by atomic mass is 10.0. The summed E-state index contributed by atoms with van der Waals surface area (Å²) in [7, 11) is 0. The van der Waals surface area contributed by atoms with Gasteiger partial charge in [0.15, 0.2) is 4.80 Å². The van der Waals surface area contributed by atoms with E-state index in [0.29, 0.717) is 26.2 Å². The van der Waals surface area contributed by atoms with Crippen LogP contribution in [-0.4, -0.2) is 22.1 Å². The molecule has 3 heterocycles. The van der Waals surface area contributed by atoms with Crippen LogP contribution in [0.2, 0.25) is 0 Å². The first-order valence-electron chi connectivity index (χ1n) is 9.49. The molecule has 4 rings (SSSR count). The van der Waals surface area contributed by atoms with Crippen LogP contribution >= 0.6 is 22.7 Å². The van der Waals surface area contributed by atoms with Crippen molar-refractivity contribution in [3.63, 3.8) is 0 Å². The highest BCUT2D eigenvalue weighted by Gasteiger charge is 2.33. The molecule has 1 aromatic carbocycles. The maximum absolute atomic E-state index is 13.4. The Kier molecular flexibility index (Phi) is 5.97. The van der Waals surface area contributed by atoms with Crippen LogP contribution in [0, 0.1) is 10.1 Å². The van der Waals surface area contributed by atoms with Crippen molar-refractivity contribution in [3.8, 4) is 0 Å². The third-order valence-corrected chi connectivity index (χ3v) is 6.70. The molecule has 0 saturated heterocycles. The van der Waals surface area contributed by atoms with Gasteiger partial charge in [-0.2, -0.15) is 0 Å². The topological polar surface area (TPSA) is 104 Å². The summed E-state index contributed by atoms with van der Waals surface area (Å²) in [5.74, 6) is -0.547. The number of hydrogen-bond donors (Lipinski definition) is 0. The van der Waals surface area contributed by atoms with Gasteiger partial charge in [0.25, 0.3) is 11.2 Å². The Morgan fingerprint density at radius 2 is 2.09 bits per heavy atom. The van der Waals surface area contributed by atoms with Gasteiger partial charge in [0.05, 0.1) is 20.7 Å². The summed E-state index contributed by atoms with van der Waals surface area (Å²) in [6.45, 7) is 5.34. The van der Waals surface area contributed by atoms with E-state index in [2.05, 4.69) is 11.6 Å². The van der Waals surface area contributed by atoms with E-state index < -0.39 is 16.9 Å². The lowest BCUT2D eigenvalue weighted by Gasteiger charge is -2.23. The van der Waals surface area contributed by atoms with E-state index in [9.17, 15) is 19.7 Å². The molecule has 0 fully saturated rings. The molecule has 3 aromatic rings. The van der Waals surface area contributed by atoms with E-state index in [1.165, 1.54) is 45.4 Å². The highest BCUT2D eigenvalue weighted by atomic mass is 32.1. The Bertz CT molecular complexity index is 1410. The molecule has 1 unspecified atom stereocenters. The number of hydrogen-bond acceptors (Lipinski definition) is 8. The lowest BCUT2D eigenvalue weighted by Crippen LogP contribution is -2.39. The summed E-state index contributed by atoms with van der Waals surface area (Å²) in [5.41, 5.74) is 1.12. The van der Waals surface area contributed by atoms with Gasteiger partial charge >= 0.3 is 5.97 Å². The minimum atomic E-state index is -0.650. The minimum Gasteiger partial charge on any atom is -0.458 e. The van der Waals surface area contributed by atoms with Crippen molar-refractivity contribution in [2.45, 2.75) is 13.0 Å². The summed E-state index contributed by atoms with van der Waals surface area (Å²) in [4.78, 5) is 42.4. The number of rotatable bonds is 6. The van der Waals surface area contributed by atoms with Crippen molar-refractivity contribution in [2.24, 2.45) is 4.99 Å². The van der Waals surface area contributed by atoms with Crippen molar-refractivity contribution in [3.05, 3.63) is 106 Å².